The standard InChI is InChI=1S/C16H20N2O3/c1-3-5-6-7-14-17-13-9-8-11(16(20)21-4-2)10-12(13)15(19)18-14/h8-10H,3-7H2,1-2H3,(H,17,18,19). The number of fused-ring (bicyclic) bond motifs is 1. The van der Waals surface area contributed by atoms with E-state index in [9.17, 15) is 9.59 Å². The molecule has 0 radical (unpaired) electrons. The summed E-state index contributed by atoms with van der Waals surface area (Å²) in [5.74, 6) is 0.274. The molecule has 21 heavy (non-hydrogen) atoms. The van der Waals surface area contributed by atoms with Crippen molar-refractivity contribution in [3.63, 3.8) is 0 Å². The molecule has 5 nitrogen and oxygen atoms in total. The molecule has 5 heteroatoms. The van der Waals surface area contributed by atoms with Crippen LogP contribution in [0.3, 0.4) is 0 Å². The minimum atomic E-state index is -0.425. The van der Waals surface area contributed by atoms with E-state index in [-0.39, 0.29) is 5.56 Å². The number of esters is 1. The van der Waals surface area contributed by atoms with Crippen LogP contribution in [0.1, 0.15) is 49.3 Å². The van der Waals surface area contributed by atoms with Crippen molar-refractivity contribution in [3.8, 4) is 0 Å². The first-order chi connectivity index (χ1) is 10.2. The minimum absolute atomic E-state index is 0.211. The fourth-order valence-corrected chi connectivity index (χ4v) is 2.19. The van der Waals surface area contributed by atoms with Gasteiger partial charge < -0.3 is 9.72 Å². The van der Waals surface area contributed by atoms with E-state index < -0.39 is 5.97 Å². The van der Waals surface area contributed by atoms with Crippen molar-refractivity contribution in [2.24, 2.45) is 0 Å². The molecule has 0 atom stereocenters. The number of aryl methyl sites for hydroxylation is 1. The molecular weight excluding hydrogens is 268 g/mol. The van der Waals surface area contributed by atoms with Gasteiger partial charge in [-0.2, -0.15) is 0 Å². The smallest absolute Gasteiger partial charge is 0.338 e. The molecule has 1 aromatic carbocycles. The highest BCUT2D eigenvalue weighted by atomic mass is 16.5. The molecule has 1 heterocycles. The Kier molecular flexibility index (Phi) is 5.09. The fourth-order valence-electron chi connectivity index (χ4n) is 2.19. The number of aromatic amines is 1. The summed E-state index contributed by atoms with van der Waals surface area (Å²) < 4.78 is 4.93. The maximum atomic E-state index is 12.1. The summed E-state index contributed by atoms with van der Waals surface area (Å²) in [6.45, 7) is 4.19. The van der Waals surface area contributed by atoms with E-state index >= 15 is 0 Å². The van der Waals surface area contributed by atoms with E-state index in [4.69, 9.17) is 4.74 Å². The van der Waals surface area contributed by atoms with Gasteiger partial charge in [0.1, 0.15) is 5.82 Å². The molecule has 0 bridgehead atoms. The van der Waals surface area contributed by atoms with Gasteiger partial charge in [-0.1, -0.05) is 19.8 Å². The molecule has 0 spiro atoms. The lowest BCUT2D eigenvalue weighted by atomic mass is 10.1. The Morgan fingerprint density at radius 2 is 2.10 bits per heavy atom. The minimum Gasteiger partial charge on any atom is -0.462 e. The Hall–Kier alpha value is -2.17. The van der Waals surface area contributed by atoms with Crippen molar-refractivity contribution in [3.05, 3.63) is 39.9 Å². The highest BCUT2D eigenvalue weighted by Crippen LogP contribution is 2.12. The van der Waals surface area contributed by atoms with Crippen molar-refractivity contribution in [1.82, 2.24) is 9.97 Å². The predicted molar refractivity (Wildman–Crippen MR) is 81.5 cm³/mol. The lowest BCUT2D eigenvalue weighted by Gasteiger charge is -2.05. The van der Waals surface area contributed by atoms with E-state index in [1.165, 1.54) is 6.07 Å². The number of hydrogen-bond donors (Lipinski definition) is 1. The summed E-state index contributed by atoms with van der Waals surface area (Å²) in [7, 11) is 0. The molecule has 112 valence electrons. The maximum Gasteiger partial charge on any atom is 0.338 e. The van der Waals surface area contributed by atoms with Crippen LogP contribution in [-0.4, -0.2) is 22.5 Å². The number of aromatic nitrogens is 2. The summed E-state index contributed by atoms with van der Waals surface area (Å²) in [6, 6.07) is 4.87. The monoisotopic (exact) mass is 288 g/mol. The third-order valence-corrected chi connectivity index (χ3v) is 3.28. The van der Waals surface area contributed by atoms with E-state index in [0.29, 0.717) is 28.9 Å². The average Bonchev–Trinajstić information content (AvgIpc) is 2.47. The summed E-state index contributed by atoms with van der Waals surface area (Å²) in [6.07, 6.45) is 4.01. The highest BCUT2D eigenvalue weighted by Gasteiger charge is 2.10. The van der Waals surface area contributed by atoms with Crippen LogP contribution in [0, 0.1) is 0 Å². The normalized spacial score (nSPS) is 10.8. The SMILES string of the molecule is CCCCCc1nc2ccc(C(=O)OCC)cc2c(=O)[nH]1. The van der Waals surface area contributed by atoms with Gasteiger partial charge in [0, 0.05) is 6.42 Å². The third-order valence-electron chi connectivity index (χ3n) is 3.28. The summed E-state index contributed by atoms with van der Waals surface area (Å²) in [5.41, 5.74) is 0.770. The number of rotatable bonds is 6. The summed E-state index contributed by atoms with van der Waals surface area (Å²) >= 11 is 0. The van der Waals surface area contributed by atoms with Crippen LogP contribution in [0.5, 0.6) is 0 Å². The second-order valence-electron chi connectivity index (χ2n) is 4.92. The van der Waals surface area contributed by atoms with Gasteiger partial charge in [0.2, 0.25) is 0 Å². The molecule has 1 N–H and O–H groups in total. The van der Waals surface area contributed by atoms with E-state index in [1.54, 1.807) is 19.1 Å². The first-order valence-electron chi connectivity index (χ1n) is 7.35. The Labute approximate surface area is 123 Å². The van der Waals surface area contributed by atoms with Crippen LogP contribution in [0.15, 0.2) is 23.0 Å². The number of unbranched alkanes of at least 4 members (excludes halogenated alkanes) is 2. The van der Waals surface area contributed by atoms with E-state index in [2.05, 4.69) is 16.9 Å². The molecule has 0 saturated carbocycles. The van der Waals surface area contributed by atoms with Crippen molar-refractivity contribution in [2.45, 2.75) is 39.5 Å². The van der Waals surface area contributed by atoms with Crippen LogP contribution in [0.25, 0.3) is 10.9 Å². The number of carbonyl (C=O) groups is 1. The van der Waals surface area contributed by atoms with Crippen LogP contribution < -0.4 is 5.56 Å². The zero-order valence-electron chi connectivity index (χ0n) is 12.4. The molecule has 0 amide bonds. The topological polar surface area (TPSA) is 72.0 Å². The van der Waals surface area contributed by atoms with Crippen LogP contribution in [0.2, 0.25) is 0 Å². The van der Waals surface area contributed by atoms with E-state index in [0.717, 1.165) is 25.7 Å². The van der Waals surface area contributed by atoms with Gasteiger partial charge in [0.05, 0.1) is 23.1 Å². The number of hydrogen-bond acceptors (Lipinski definition) is 4. The second-order valence-corrected chi connectivity index (χ2v) is 4.92. The molecule has 0 saturated heterocycles. The Bertz CT molecular complexity index is 691. The molecule has 0 aliphatic heterocycles. The first kappa shape index (κ1) is 15.2. The van der Waals surface area contributed by atoms with Crippen molar-refractivity contribution in [2.75, 3.05) is 6.61 Å². The van der Waals surface area contributed by atoms with Crippen LogP contribution >= 0.6 is 0 Å². The van der Waals surface area contributed by atoms with Crippen molar-refractivity contribution < 1.29 is 9.53 Å². The van der Waals surface area contributed by atoms with Crippen LogP contribution in [0.4, 0.5) is 0 Å². The van der Waals surface area contributed by atoms with Crippen LogP contribution in [-0.2, 0) is 11.2 Å². The van der Waals surface area contributed by atoms with Gasteiger partial charge in [-0.15, -0.1) is 0 Å². The number of nitrogens with one attached hydrogen (secondary N) is 1. The highest BCUT2D eigenvalue weighted by molar-refractivity contribution is 5.94. The molecule has 0 aliphatic rings. The Morgan fingerprint density at radius 3 is 2.81 bits per heavy atom. The lowest BCUT2D eigenvalue weighted by Crippen LogP contribution is -2.13. The summed E-state index contributed by atoms with van der Waals surface area (Å²) in [5, 5.41) is 0.416. The number of nitrogens with zero attached hydrogens (tertiary/aromatic N) is 1. The fraction of sp³-hybridized carbons (Fsp3) is 0.438. The number of H-pyrrole nitrogens is 1. The molecule has 0 aliphatic carbocycles. The van der Waals surface area contributed by atoms with Gasteiger partial charge in [0.15, 0.2) is 0 Å². The zero-order valence-corrected chi connectivity index (χ0v) is 12.4. The molecule has 2 rings (SSSR count). The van der Waals surface area contributed by atoms with Gasteiger partial charge in [-0.3, -0.25) is 4.79 Å². The van der Waals surface area contributed by atoms with Gasteiger partial charge in [-0.05, 0) is 31.5 Å². The largest absolute Gasteiger partial charge is 0.462 e. The number of benzene rings is 1. The molecule has 2 aromatic rings. The summed E-state index contributed by atoms with van der Waals surface area (Å²) in [4.78, 5) is 31.0. The van der Waals surface area contributed by atoms with Gasteiger partial charge in [-0.25, -0.2) is 9.78 Å². The quantitative estimate of drug-likeness (QED) is 0.655. The second kappa shape index (κ2) is 7.02. The van der Waals surface area contributed by atoms with Gasteiger partial charge in [0.25, 0.3) is 5.56 Å². The lowest BCUT2D eigenvalue weighted by molar-refractivity contribution is 0.0526. The Morgan fingerprint density at radius 1 is 1.29 bits per heavy atom. The molecular formula is C16H20N2O3. The Balaban J connectivity index is 2.32. The first-order valence-corrected chi connectivity index (χ1v) is 7.35. The van der Waals surface area contributed by atoms with E-state index in [1.807, 2.05) is 0 Å². The number of ether oxygens (including phenoxy) is 1. The average molecular weight is 288 g/mol. The van der Waals surface area contributed by atoms with Crippen molar-refractivity contribution >= 4 is 16.9 Å². The van der Waals surface area contributed by atoms with Gasteiger partial charge >= 0.3 is 5.97 Å². The predicted octanol–water partition coefficient (Wildman–Crippen LogP) is 2.83. The zero-order chi connectivity index (χ0) is 15.2. The molecule has 0 unspecified atom stereocenters. The number of carbonyl (C=O) groups excluding carboxylic acids is 1. The molecule has 1 aromatic heterocycles. The maximum absolute atomic E-state index is 12.1. The molecule has 0 fully saturated rings. The van der Waals surface area contributed by atoms with Crippen molar-refractivity contribution in [1.29, 1.82) is 0 Å². The third kappa shape index (κ3) is 3.68.